The molecule has 156 valence electrons. The van der Waals surface area contributed by atoms with E-state index in [1.807, 2.05) is 6.92 Å². The van der Waals surface area contributed by atoms with E-state index in [1.165, 1.54) is 22.5 Å². The molecule has 1 fully saturated rings. The molecule has 29 heavy (non-hydrogen) atoms. The van der Waals surface area contributed by atoms with Crippen molar-refractivity contribution < 1.29 is 17.9 Å². The molecule has 1 atom stereocenters. The number of sulfonamides is 1. The zero-order chi connectivity index (χ0) is 21.0. The van der Waals surface area contributed by atoms with Gasteiger partial charge in [0, 0.05) is 23.8 Å². The first kappa shape index (κ1) is 21.9. The van der Waals surface area contributed by atoms with Gasteiger partial charge in [-0.25, -0.2) is 8.42 Å². The minimum Gasteiger partial charge on any atom is -0.494 e. The number of anilines is 1. The number of carbonyl (C=O) groups excluding carboxylic acids is 1. The Hall–Kier alpha value is -1.80. The average molecular weight is 457 g/mol. The molecule has 2 aromatic carbocycles. The SMILES string of the molecule is CCOc1ccc(NC(=O)[C@@H]2CCCN(S(=O)(=O)c3cc(Cl)ccc3Cl)C2)cc1. The summed E-state index contributed by atoms with van der Waals surface area (Å²) in [7, 11) is -3.85. The number of nitrogens with zero attached hydrogens (tertiary/aromatic N) is 1. The lowest BCUT2D eigenvalue weighted by Gasteiger charge is -2.31. The maximum atomic E-state index is 13.0. The second-order valence-corrected chi connectivity index (χ2v) is 9.47. The summed E-state index contributed by atoms with van der Waals surface area (Å²) in [6, 6.07) is 11.4. The van der Waals surface area contributed by atoms with Crippen LogP contribution in [-0.4, -0.2) is 38.3 Å². The maximum Gasteiger partial charge on any atom is 0.244 e. The van der Waals surface area contributed by atoms with Gasteiger partial charge in [0.15, 0.2) is 0 Å². The number of halogens is 2. The van der Waals surface area contributed by atoms with E-state index >= 15 is 0 Å². The van der Waals surface area contributed by atoms with E-state index in [2.05, 4.69) is 5.32 Å². The van der Waals surface area contributed by atoms with Crippen molar-refractivity contribution in [2.24, 2.45) is 5.92 Å². The summed E-state index contributed by atoms with van der Waals surface area (Å²) in [5.74, 6) is 0.0492. The molecule has 0 spiro atoms. The Labute approximate surface area is 180 Å². The van der Waals surface area contributed by atoms with Crippen LogP contribution in [0, 0.1) is 5.92 Å². The molecule has 0 unspecified atom stereocenters. The Morgan fingerprint density at radius 3 is 2.62 bits per heavy atom. The Balaban J connectivity index is 1.71. The van der Waals surface area contributed by atoms with Gasteiger partial charge in [0.1, 0.15) is 10.6 Å². The van der Waals surface area contributed by atoms with Crippen molar-refractivity contribution in [1.82, 2.24) is 4.31 Å². The lowest BCUT2D eigenvalue weighted by atomic mass is 9.99. The van der Waals surface area contributed by atoms with Gasteiger partial charge >= 0.3 is 0 Å². The third-order valence-electron chi connectivity index (χ3n) is 4.70. The molecular formula is C20H22Cl2N2O4S. The molecule has 0 radical (unpaired) electrons. The van der Waals surface area contributed by atoms with Gasteiger partial charge in [0.25, 0.3) is 0 Å². The number of piperidine rings is 1. The van der Waals surface area contributed by atoms with Crippen LogP contribution in [0.3, 0.4) is 0 Å². The van der Waals surface area contributed by atoms with Crippen molar-refractivity contribution in [3.63, 3.8) is 0 Å². The molecule has 1 N–H and O–H groups in total. The minimum atomic E-state index is -3.85. The van der Waals surface area contributed by atoms with Gasteiger partial charge in [-0.2, -0.15) is 4.31 Å². The fraction of sp³-hybridized carbons (Fsp3) is 0.350. The predicted molar refractivity (Wildman–Crippen MR) is 114 cm³/mol. The highest BCUT2D eigenvalue weighted by atomic mass is 35.5. The average Bonchev–Trinajstić information content (AvgIpc) is 2.71. The van der Waals surface area contributed by atoms with Crippen molar-refractivity contribution >= 4 is 44.8 Å². The molecule has 2 aromatic rings. The number of ether oxygens (including phenoxy) is 1. The lowest BCUT2D eigenvalue weighted by molar-refractivity contribution is -0.120. The number of benzene rings is 2. The van der Waals surface area contributed by atoms with E-state index in [-0.39, 0.29) is 27.4 Å². The van der Waals surface area contributed by atoms with E-state index in [9.17, 15) is 13.2 Å². The molecular weight excluding hydrogens is 435 g/mol. The van der Waals surface area contributed by atoms with Gasteiger partial charge in [0.2, 0.25) is 15.9 Å². The van der Waals surface area contributed by atoms with Crippen LogP contribution in [-0.2, 0) is 14.8 Å². The first-order chi connectivity index (χ1) is 13.8. The van der Waals surface area contributed by atoms with Crippen LogP contribution >= 0.6 is 23.2 Å². The third-order valence-corrected chi connectivity index (χ3v) is 7.28. The first-order valence-corrected chi connectivity index (χ1v) is 11.5. The number of hydrogen-bond donors (Lipinski definition) is 1. The molecule has 1 saturated heterocycles. The molecule has 3 rings (SSSR count). The van der Waals surface area contributed by atoms with Crippen LogP contribution in [0.25, 0.3) is 0 Å². The number of amides is 1. The second kappa shape index (κ2) is 9.34. The van der Waals surface area contributed by atoms with Crippen molar-refractivity contribution in [1.29, 1.82) is 0 Å². The van der Waals surface area contributed by atoms with Gasteiger partial charge in [-0.15, -0.1) is 0 Å². The topological polar surface area (TPSA) is 75.7 Å². The molecule has 0 aliphatic carbocycles. The fourth-order valence-electron chi connectivity index (χ4n) is 3.23. The quantitative estimate of drug-likeness (QED) is 0.697. The summed E-state index contributed by atoms with van der Waals surface area (Å²) in [5, 5.41) is 3.24. The molecule has 0 saturated carbocycles. The molecule has 6 nitrogen and oxygen atoms in total. The zero-order valence-corrected chi connectivity index (χ0v) is 18.2. The zero-order valence-electron chi connectivity index (χ0n) is 15.9. The van der Waals surface area contributed by atoms with Crippen LogP contribution in [0.2, 0.25) is 10.0 Å². The Morgan fingerprint density at radius 2 is 1.93 bits per heavy atom. The molecule has 9 heteroatoms. The molecule has 0 bridgehead atoms. The predicted octanol–water partition coefficient (Wildman–Crippen LogP) is 4.43. The largest absolute Gasteiger partial charge is 0.494 e. The highest BCUT2D eigenvalue weighted by Crippen LogP contribution is 2.30. The molecule has 1 aliphatic rings. The first-order valence-electron chi connectivity index (χ1n) is 9.30. The summed E-state index contributed by atoms with van der Waals surface area (Å²) in [5.41, 5.74) is 0.635. The van der Waals surface area contributed by atoms with Gasteiger partial charge in [-0.1, -0.05) is 23.2 Å². The normalized spacial score (nSPS) is 17.7. The van der Waals surface area contributed by atoms with Crippen molar-refractivity contribution in [3.05, 3.63) is 52.5 Å². The highest BCUT2D eigenvalue weighted by Gasteiger charge is 2.34. The van der Waals surface area contributed by atoms with Crippen molar-refractivity contribution in [2.75, 3.05) is 25.0 Å². The minimum absolute atomic E-state index is 0.0424. The Kier molecular flexibility index (Phi) is 7.05. The van der Waals surface area contributed by atoms with Crippen molar-refractivity contribution in [2.45, 2.75) is 24.7 Å². The van der Waals surface area contributed by atoms with Crippen LogP contribution in [0.1, 0.15) is 19.8 Å². The third kappa shape index (κ3) is 5.22. The number of rotatable bonds is 6. The second-order valence-electron chi connectivity index (χ2n) is 6.72. The fourth-order valence-corrected chi connectivity index (χ4v) is 5.50. The van der Waals surface area contributed by atoms with E-state index in [1.54, 1.807) is 24.3 Å². The van der Waals surface area contributed by atoms with Crippen LogP contribution in [0.4, 0.5) is 5.69 Å². The number of hydrogen-bond acceptors (Lipinski definition) is 4. The van der Waals surface area contributed by atoms with E-state index < -0.39 is 15.9 Å². The van der Waals surface area contributed by atoms with Crippen molar-refractivity contribution in [3.8, 4) is 5.75 Å². The number of carbonyl (C=O) groups is 1. The molecule has 1 aliphatic heterocycles. The standard InChI is InChI=1S/C20H22Cl2N2O4S/c1-2-28-17-8-6-16(7-9-17)23-20(25)14-4-3-11-24(13-14)29(26,27)19-12-15(21)5-10-18(19)22/h5-10,12,14H,2-4,11,13H2,1H3,(H,23,25)/t14-/m1/s1. The van der Waals surface area contributed by atoms with Crippen LogP contribution in [0.15, 0.2) is 47.4 Å². The highest BCUT2D eigenvalue weighted by molar-refractivity contribution is 7.89. The molecule has 1 heterocycles. The Morgan fingerprint density at radius 1 is 1.21 bits per heavy atom. The van der Waals surface area contributed by atoms with Gasteiger partial charge in [-0.05, 0) is 62.2 Å². The number of nitrogens with one attached hydrogen (secondary N) is 1. The van der Waals surface area contributed by atoms with E-state index in [0.717, 1.165) is 5.75 Å². The maximum absolute atomic E-state index is 13.0. The summed E-state index contributed by atoms with van der Waals surface area (Å²) in [6.07, 6.45) is 1.19. The summed E-state index contributed by atoms with van der Waals surface area (Å²) >= 11 is 12.0. The van der Waals surface area contributed by atoms with Crippen LogP contribution < -0.4 is 10.1 Å². The van der Waals surface area contributed by atoms with E-state index in [4.69, 9.17) is 27.9 Å². The molecule has 0 aromatic heterocycles. The summed E-state index contributed by atoms with van der Waals surface area (Å²) in [4.78, 5) is 12.7. The Bertz CT molecular complexity index is 980. The summed E-state index contributed by atoms with van der Waals surface area (Å²) in [6.45, 7) is 2.88. The monoisotopic (exact) mass is 456 g/mol. The molecule has 1 amide bonds. The lowest BCUT2D eigenvalue weighted by Crippen LogP contribution is -2.43. The van der Waals surface area contributed by atoms with Crippen LogP contribution in [0.5, 0.6) is 5.75 Å². The van der Waals surface area contributed by atoms with Gasteiger partial charge in [-0.3, -0.25) is 4.79 Å². The van der Waals surface area contributed by atoms with E-state index in [0.29, 0.717) is 31.7 Å². The van der Waals surface area contributed by atoms with Gasteiger partial charge in [0.05, 0.1) is 17.5 Å². The summed E-state index contributed by atoms with van der Waals surface area (Å²) < 4.78 is 32.7. The van der Waals surface area contributed by atoms with Gasteiger partial charge < -0.3 is 10.1 Å². The smallest absolute Gasteiger partial charge is 0.244 e.